The first kappa shape index (κ1) is 31.4. The van der Waals surface area contributed by atoms with Gasteiger partial charge in [-0.15, -0.1) is 22.7 Å². The lowest BCUT2D eigenvalue weighted by atomic mass is 9.99. The molecule has 0 spiro atoms. The summed E-state index contributed by atoms with van der Waals surface area (Å²) in [5, 5.41) is 17.8. The van der Waals surface area contributed by atoms with Crippen molar-refractivity contribution >= 4 is 90.5 Å². The Balaban J connectivity index is 1.16. The molecule has 11 aromatic rings. The summed E-state index contributed by atoms with van der Waals surface area (Å²) in [7, 11) is 0. The molecule has 0 fully saturated rings. The van der Waals surface area contributed by atoms with E-state index in [-0.39, 0.29) is 0 Å². The van der Waals surface area contributed by atoms with Gasteiger partial charge >= 0.3 is 0 Å². The maximum absolute atomic E-state index is 10.8. The van der Waals surface area contributed by atoms with Crippen molar-refractivity contribution < 1.29 is 0 Å². The highest BCUT2D eigenvalue weighted by Crippen LogP contribution is 2.45. The van der Waals surface area contributed by atoms with Gasteiger partial charge in [-0.3, -0.25) is 0 Å². The van der Waals surface area contributed by atoms with Crippen LogP contribution in [0.4, 0.5) is 5.69 Å². The van der Waals surface area contributed by atoms with Crippen molar-refractivity contribution in [2.24, 2.45) is 0 Å². The Labute approximate surface area is 323 Å². The summed E-state index contributed by atoms with van der Waals surface area (Å²) < 4.78 is 7.07. The average Bonchev–Trinajstić information content (AvgIpc) is 3.92. The van der Waals surface area contributed by atoms with Gasteiger partial charge in [-0.1, -0.05) is 103 Å². The molecule has 0 saturated heterocycles. The Bertz CT molecular complexity index is 3470. The van der Waals surface area contributed by atoms with Gasteiger partial charge in [-0.05, 0) is 54.1 Å². The molecule has 0 atom stereocenters. The van der Waals surface area contributed by atoms with Gasteiger partial charge in [0.15, 0.2) is 5.82 Å². The molecule has 7 heteroatoms. The first-order valence-corrected chi connectivity index (χ1v) is 19.5. The number of nitrogens with zero attached hydrogens (tertiary/aromatic N) is 5. The molecule has 0 aliphatic carbocycles. The number of para-hydroxylation sites is 1. The van der Waals surface area contributed by atoms with Gasteiger partial charge in [0.25, 0.3) is 0 Å². The molecule has 0 radical (unpaired) electrons. The fourth-order valence-corrected chi connectivity index (χ4v) is 10.3. The van der Waals surface area contributed by atoms with E-state index in [0.717, 1.165) is 44.0 Å². The minimum Gasteiger partial charge on any atom is -0.318 e. The van der Waals surface area contributed by atoms with E-state index in [1.807, 2.05) is 48.5 Å². The first-order valence-electron chi connectivity index (χ1n) is 17.8. The second-order valence-corrected chi connectivity index (χ2v) is 15.6. The molecule has 55 heavy (non-hydrogen) atoms. The third kappa shape index (κ3) is 4.75. The zero-order chi connectivity index (χ0) is 36.6. The van der Waals surface area contributed by atoms with E-state index in [4.69, 9.17) is 16.5 Å². The molecule has 0 bridgehead atoms. The van der Waals surface area contributed by atoms with E-state index in [0.29, 0.717) is 34.0 Å². The van der Waals surface area contributed by atoms with Gasteiger partial charge in [0, 0.05) is 57.5 Å². The van der Waals surface area contributed by atoms with Crippen molar-refractivity contribution in [3.05, 3.63) is 169 Å². The minimum atomic E-state index is 0.365. The normalized spacial score (nSPS) is 11.6. The predicted octanol–water partition coefficient (Wildman–Crippen LogP) is 13.7. The zero-order valence-corrected chi connectivity index (χ0v) is 30.6. The van der Waals surface area contributed by atoms with E-state index >= 15 is 0 Å². The van der Waals surface area contributed by atoms with Crippen LogP contribution < -0.4 is 0 Å². The zero-order valence-electron chi connectivity index (χ0n) is 29.0. The summed E-state index contributed by atoms with van der Waals surface area (Å²) in [6.07, 6.45) is 0. The van der Waals surface area contributed by atoms with Gasteiger partial charge in [0.1, 0.15) is 11.6 Å². The lowest BCUT2D eigenvalue weighted by Crippen LogP contribution is -2.01. The van der Waals surface area contributed by atoms with Gasteiger partial charge in [0.05, 0.1) is 39.4 Å². The van der Waals surface area contributed by atoms with Gasteiger partial charge in [-0.25, -0.2) is 14.8 Å². The smallest absolute Gasteiger partial charge is 0.211 e. The third-order valence-corrected chi connectivity index (χ3v) is 12.8. The van der Waals surface area contributed by atoms with Crippen LogP contribution in [0.1, 0.15) is 5.56 Å². The highest BCUT2D eigenvalue weighted by molar-refractivity contribution is 7.26. The highest BCUT2D eigenvalue weighted by Gasteiger charge is 2.23. The van der Waals surface area contributed by atoms with E-state index in [1.54, 1.807) is 22.7 Å². The van der Waals surface area contributed by atoms with Crippen molar-refractivity contribution in [1.29, 1.82) is 5.26 Å². The molecule has 5 nitrogen and oxygen atoms in total. The van der Waals surface area contributed by atoms with Crippen molar-refractivity contribution in [1.82, 2.24) is 14.5 Å². The van der Waals surface area contributed by atoms with Crippen LogP contribution in [0.25, 0.3) is 107 Å². The van der Waals surface area contributed by atoms with Crippen LogP contribution in [0.5, 0.6) is 0 Å². The van der Waals surface area contributed by atoms with Gasteiger partial charge in [-0.2, -0.15) is 5.26 Å². The molecular formula is C48H25N5S2. The number of nitriles is 1. The molecule has 0 saturated carbocycles. The second-order valence-electron chi connectivity index (χ2n) is 13.5. The summed E-state index contributed by atoms with van der Waals surface area (Å²) in [4.78, 5) is 14.3. The van der Waals surface area contributed by atoms with Crippen molar-refractivity contribution in [3.8, 4) is 45.7 Å². The van der Waals surface area contributed by atoms with Crippen molar-refractivity contribution in [2.75, 3.05) is 0 Å². The van der Waals surface area contributed by atoms with E-state index in [1.165, 1.54) is 35.0 Å². The lowest BCUT2D eigenvalue weighted by Gasteiger charge is -2.15. The summed E-state index contributed by atoms with van der Waals surface area (Å²) in [6.45, 7) is 8.51. The number of aromatic nitrogens is 3. The van der Waals surface area contributed by atoms with Crippen LogP contribution in [0.15, 0.2) is 152 Å². The number of hydrogen-bond donors (Lipinski definition) is 0. The van der Waals surface area contributed by atoms with Gasteiger partial charge < -0.3 is 4.57 Å². The number of hydrogen-bond acceptors (Lipinski definition) is 5. The molecular weight excluding hydrogens is 711 g/mol. The summed E-state index contributed by atoms with van der Waals surface area (Å²) >= 11 is 3.55. The number of rotatable bonds is 4. The molecule has 0 aliphatic heterocycles. The minimum absolute atomic E-state index is 0.365. The second kappa shape index (κ2) is 12.2. The lowest BCUT2D eigenvalue weighted by molar-refractivity contribution is 1.16. The van der Waals surface area contributed by atoms with Crippen LogP contribution >= 0.6 is 22.7 Å². The standard InChI is InChI=1S/C48H25N5S2/c1-50-38-26-29(19-23-40(38)53-39-16-8-5-13-31(39)34-21-22-35-32-14-6-10-18-42(32)55-47(35)46(34)53)45-37(27-49)44(28-11-3-2-4-12-28)51-48(52-45)30-20-24-43-36(25-30)33-15-7-9-17-41(33)54-43/h2-26H. The number of fused-ring (bicyclic) bond motifs is 10. The van der Waals surface area contributed by atoms with Crippen LogP contribution in [-0.2, 0) is 0 Å². The van der Waals surface area contributed by atoms with E-state index in [2.05, 4.69) is 119 Å². The molecule has 7 aromatic carbocycles. The Morgan fingerprint density at radius 2 is 1.18 bits per heavy atom. The molecule has 0 amide bonds. The number of thiophene rings is 2. The molecule has 0 aliphatic rings. The highest BCUT2D eigenvalue weighted by atomic mass is 32.1. The van der Waals surface area contributed by atoms with Gasteiger partial charge in [0.2, 0.25) is 5.69 Å². The maximum Gasteiger partial charge on any atom is 0.211 e. The van der Waals surface area contributed by atoms with Crippen molar-refractivity contribution in [3.63, 3.8) is 0 Å². The average molecular weight is 736 g/mol. The summed E-state index contributed by atoms with van der Waals surface area (Å²) in [5.74, 6) is 0.521. The molecule has 11 rings (SSSR count). The first-order chi connectivity index (χ1) is 27.2. The molecule has 4 heterocycles. The molecule has 0 unspecified atom stereocenters. The molecule has 4 aromatic heterocycles. The summed E-state index contributed by atoms with van der Waals surface area (Å²) in [6, 6.07) is 54.2. The number of benzene rings is 7. The Morgan fingerprint density at radius 3 is 1.96 bits per heavy atom. The Kier molecular flexibility index (Phi) is 6.96. The fraction of sp³-hybridized carbons (Fsp3) is 0. The Morgan fingerprint density at radius 1 is 0.545 bits per heavy atom. The van der Waals surface area contributed by atoms with Crippen LogP contribution in [0.3, 0.4) is 0 Å². The SMILES string of the molecule is [C-]#[N+]c1cc(-c2nc(-c3ccc4sc5ccccc5c4c3)nc(-c3ccccc3)c2C#N)ccc1-n1c2ccccc2c2ccc3c4ccccc4sc3c21. The van der Waals surface area contributed by atoms with E-state index < -0.39 is 0 Å². The van der Waals surface area contributed by atoms with Crippen LogP contribution in [0, 0.1) is 17.9 Å². The maximum atomic E-state index is 10.8. The predicted molar refractivity (Wildman–Crippen MR) is 229 cm³/mol. The fourth-order valence-electron chi connectivity index (χ4n) is 8.01. The van der Waals surface area contributed by atoms with Crippen molar-refractivity contribution in [2.45, 2.75) is 0 Å². The van der Waals surface area contributed by atoms with Crippen LogP contribution in [0.2, 0.25) is 0 Å². The molecule has 254 valence electrons. The van der Waals surface area contributed by atoms with Crippen LogP contribution in [-0.4, -0.2) is 14.5 Å². The monoisotopic (exact) mass is 735 g/mol. The summed E-state index contributed by atoms with van der Waals surface area (Å²) in [5.41, 5.74) is 7.15. The molecule has 0 N–H and O–H groups in total. The Hall–Kier alpha value is -7.16. The quantitative estimate of drug-likeness (QED) is 0.169. The van der Waals surface area contributed by atoms with E-state index in [9.17, 15) is 5.26 Å². The topological polar surface area (TPSA) is 58.9 Å². The largest absolute Gasteiger partial charge is 0.318 e. The third-order valence-electron chi connectivity index (χ3n) is 10.5.